The maximum atomic E-state index is 12.8. The summed E-state index contributed by atoms with van der Waals surface area (Å²) in [5.41, 5.74) is 0.343. The van der Waals surface area contributed by atoms with Gasteiger partial charge in [-0.25, -0.2) is 4.39 Å². The van der Waals surface area contributed by atoms with E-state index in [9.17, 15) is 9.18 Å². The van der Waals surface area contributed by atoms with Crippen molar-refractivity contribution >= 4 is 17.5 Å². The molecule has 1 amide bonds. The fourth-order valence-corrected chi connectivity index (χ4v) is 1.28. The molecule has 0 spiro atoms. The summed E-state index contributed by atoms with van der Waals surface area (Å²) in [6.45, 7) is 2.20. The number of hydrogen-bond acceptors (Lipinski definition) is 1. The van der Waals surface area contributed by atoms with Gasteiger partial charge in [0.1, 0.15) is 5.82 Å². The minimum atomic E-state index is -0.532. The Hall–Kier alpha value is -1.53. The van der Waals surface area contributed by atoms with Crippen LogP contribution in [0.4, 0.5) is 4.39 Å². The summed E-state index contributed by atoms with van der Waals surface area (Å²) in [7, 11) is 0. The number of nitrogens with one attached hydrogen (secondary N) is 1. The lowest BCUT2D eigenvalue weighted by atomic mass is 10.2. The summed E-state index contributed by atoms with van der Waals surface area (Å²) in [6, 6.07) is 3.86. The van der Waals surface area contributed by atoms with Gasteiger partial charge in [0.05, 0.1) is 5.02 Å². The standard InChI is InChI=1S/C12H11ClFNO/c1-2-3-4-7-15-12(16)9-5-6-11(14)10(13)8-9/h5-6,8H,4,7H2,1H3,(H,15,16). The lowest BCUT2D eigenvalue weighted by molar-refractivity contribution is 0.0954. The third-order valence-corrected chi connectivity index (χ3v) is 2.18. The van der Waals surface area contributed by atoms with Gasteiger partial charge in [0, 0.05) is 18.5 Å². The lowest BCUT2D eigenvalue weighted by Crippen LogP contribution is -2.24. The van der Waals surface area contributed by atoms with Crippen molar-refractivity contribution < 1.29 is 9.18 Å². The highest BCUT2D eigenvalue weighted by Gasteiger charge is 2.07. The molecule has 0 unspecified atom stereocenters. The first-order valence-corrected chi connectivity index (χ1v) is 5.16. The van der Waals surface area contributed by atoms with Gasteiger partial charge < -0.3 is 5.32 Å². The molecule has 0 aromatic heterocycles. The molecule has 0 saturated carbocycles. The van der Waals surface area contributed by atoms with Crippen LogP contribution in [0.1, 0.15) is 23.7 Å². The molecule has 0 aliphatic rings. The number of rotatable bonds is 3. The monoisotopic (exact) mass is 239 g/mol. The molecule has 1 aromatic carbocycles. The molecule has 2 nitrogen and oxygen atoms in total. The largest absolute Gasteiger partial charge is 0.351 e. The van der Waals surface area contributed by atoms with Crippen LogP contribution < -0.4 is 5.32 Å². The summed E-state index contributed by atoms with van der Waals surface area (Å²) in [5, 5.41) is 2.60. The molecule has 1 aromatic rings. The minimum absolute atomic E-state index is 0.0546. The highest BCUT2D eigenvalue weighted by molar-refractivity contribution is 6.31. The molecular weight excluding hydrogens is 229 g/mol. The van der Waals surface area contributed by atoms with Gasteiger partial charge in [0.15, 0.2) is 0 Å². The van der Waals surface area contributed by atoms with Crippen LogP contribution in [-0.2, 0) is 0 Å². The second kappa shape index (κ2) is 6.14. The van der Waals surface area contributed by atoms with Gasteiger partial charge in [-0.05, 0) is 25.1 Å². The summed E-state index contributed by atoms with van der Waals surface area (Å²) in [4.78, 5) is 11.5. The van der Waals surface area contributed by atoms with E-state index in [1.54, 1.807) is 6.92 Å². The van der Waals surface area contributed by atoms with Gasteiger partial charge in [-0.3, -0.25) is 4.79 Å². The van der Waals surface area contributed by atoms with E-state index in [-0.39, 0.29) is 10.9 Å². The van der Waals surface area contributed by atoms with Crippen LogP contribution in [0.5, 0.6) is 0 Å². The zero-order chi connectivity index (χ0) is 12.0. The Labute approximate surface area is 98.8 Å². The Morgan fingerprint density at radius 2 is 2.31 bits per heavy atom. The van der Waals surface area contributed by atoms with E-state index in [0.29, 0.717) is 18.5 Å². The first-order chi connectivity index (χ1) is 7.65. The first kappa shape index (κ1) is 12.5. The summed E-state index contributed by atoms with van der Waals surface area (Å²) in [5.74, 6) is 4.74. The van der Waals surface area contributed by atoms with Crippen molar-refractivity contribution in [2.24, 2.45) is 0 Å². The van der Waals surface area contributed by atoms with Crippen molar-refractivity contribution in [1.29, 1.82) is 0 Å². The molecule has 0 bridgehead atoms. The van der Waals surface area contributed by atoms with E-state index < -0.39 is 5.82 Å². The summed E-state index contributed by atoms with van der Waals surface area (Å²) >= 11 is 5.56. The van der Waals surface area contributed by atoms with Crippen LogP contribution in [0.25, 0.3) is 0 Å². The third-order valence-electron chi connectivity index (χ3n) is 1.89. The average Bonchev–Trinajstić information content (AvgIpc) is 2.28. The van der Waals surface area contributed by atoms with Crippen LogP contribution in [0.3, 0.4) is 0 Å². The van der Waals surface area contributed by atoms with Crippen molar-refractivity contribution in [3.05, 3.63) is 34.6 Å². The Morgan fingerprint density at radius 3 is 2.94 bits per heavy atom. The quantitative estimate of drug-likeness (QED) is 0.638. The number of hydrogen-bond donors (Lipinski definition) is 1. The molecule has 1 rings (SSSR count). The number of halogens is 2. The van der Waals surface area contributed by atoms with Crippen LogP contribution in [0.15, 0.2) is 18.2 Å². The fraction of sp³-hybridized carbons (Fsp3) is 0.250. The van der Waals surface area contributed by atoms with E-state index in [0.717, 1.165) is 0 Å². The van der Waals surface area contributed by atoms with Crippen LogP contribution in [-0.4, -0.2) is 12.5 Å². The molecule has 0 saturated heterocycles. The van der Waals surface area contributed by atoms with Crippen molar-refractivity contribution in [2.75, 3.05) is 6.54 Å². The second-order valence-corrected chi connectivity index (χ2v) is 3.47. The summed E-state index contributed by atoms with van der Waals surface area (Å²) in [6.07, 6.45) is 0.594. The molecule has 16 heavy (non-hydrogen) atoms. The molecule has 0 aliphatic carbocycles. The van der Waals surface area contributed by atoms with Crippen molar-refractivity contribution in [3.63, 3.8) is 0 Å². The van der Waals surface area contributed by atoms with Gasteiger partial charge >= 0.3 is 0 Å². The molecule has 0 heterocycles. The number of amides is 1. The highest BCUT2D eigenvalue weighted by Crippen LogP contribution is 2.15. The Bertz CT molecular complexity index is 448. The number of benzene rings is 1. The Balaban J connectivity index is 2.58. The number of carbonyl (C=O) groups excluding carboxylic acids is 1. The normalized spacial score (nSPS) is 9.19. The molecule has 1 N–H and O–H groups in total. The third kappa shape index (κ3) is 3.56. The van der Waals surface area contributed by atoms with Gasteiger partial charge in [0.25, 0.3) is 5.91 Å². The molecule has 0 aliphatic heterocycles. The average molecular weight is 240 g/mol. The zero-order valence-electron chi connectivity index (χ0n) is 8.81. The Kier molecular flexibility index (Phi) is 4.81. The van der Waals surface area contributed by atoms with Gasteiger partial charge in [-0.2, -0.15) is 0 Å². The topological polar surface area (TPSA) is 29.1 Å². The predicted molar refractivity (Wildman–Crippen MR) is 61.8 cm³/mol. The maximum Gasteiger partial charge on any atom is 0.251 e. The predicted octanol–water partition coefficient (Wildman–Crippen LogP) is 2.62. The summed E-state index contributed by atoms with van der Waals surface area (Å²) < 4.78 is 12.8. The van der Waals surface area contributed by atoms with E-state index >= 15 is 0 Å². The minimum Gasteiger partial charge on any atom is -0.351 e. The van der Waals surface area contributed by atoms with Crippen LogP contribution in [0, 0.1) is 17.7 Å². The highest BCUT2D eigenvalue weighted by atomic mass is 35.5. The molecule has 0 radical (unpaired) electrons. The molecule has 0 atom stereocenters. The van der Waals surface area contributed by atoms with Gasteiger partial charge in [-0.15, -0.1) is 11.8 Å². The van der Waals surface area contributed by atoms with E-state index in [2.05, 4.69) is 17.2 Å². The van der Waals surface area contributed by atoms with Gasteiger partial charge in [0.2, 0.25) is 0 Å². The second-order valence-electron chi connectivity index (χ2n) is 3.06. The maximum absolute atomic E-state index is 12.8. The Morgan fingerprint density at radius 1 is 1.56 bits per heavy atom. The SMILES string of the molecule is CC#CCCNC(=O)c1ccc(F)c(Cl)c1. The molecule has 0 fully saturated rings. The van der Waals surface area contributed by atoms with Crippen molar-refractivity contribution in [1.82, 2.24) is 5.32 Å². The lowest BCUT2D eigenvalue weighted by Gasteiger charge is -2.03. The number of carbonyl (C=O) groups is 1. The van der Waals surface area contributed by atoms with E-state index in [1.165, 1.54) is 18.2 Å². The fourth-order valence-electron chi connectivity index (χ4n) is 1.10. The van der Waals surface area contributed by atoms with Crippen LogP contribution in [0.2, 0.25) is 5.02 Å². The smallest absolute Gasteiger partial charge is 0.251 e. The van der Waals surface area contributed by atoms with Crippen LogP contribution >= 0.6 is 11.6 Å². The van der Waals surface area contributed by atoms with Gasteiger partial charge in [-0.1, -0.05) is 11.6 Å². The van der Waals surface area contributed by atoms with Crippen molar-refractivity contribution in [2.45, 2.75) is 13.3 Å². The van der Waals surface area contributed by atoms with E-state index in [4.69, 9.17) is 11.6 Å². The molecule has 84 valence electrons. The van der Waals surface area contributed by atoms with E-state index in [1.807, 2.05) is 0 Å². The first-order valence-electron chi connectivity index (χ1n) is 4.78. The van der Waals surface area contributed by atoms with Crippen molar-refractivity contribution in [3.8, 4) is 11.8 Å². The molecular formula is C12H11ClFNO. The zero-order valence-corrected chi connectivity index (χ0v) is 9.57. The molecule has 4 heteroatoms.